The minimum atomic E-state index is -0.481. The largest absolute Gasteiger partial charge is 0.465 e. The van der Waals surface area contributed by atoms with Gasteiger partial charge in [0.25, 0.3) is 0 Å². The maximum Gasteiger partial charge on any atom is 0.337 e. The van der Waals surface area contributed by atoms with Gasteiger partial charge in [-0.25, -0.2) is 4.79 Å². The van der Waals surface area contributed by atoms with Gasteiger partial charge >= 0.3 is 5.97 Å². The second-order valence-electron chi connectivity index (χ2n) is 3.16. The molecule has 1 aromatic rings. The van der Waals surface area contributed by atoms with Crippen LogP contribution in [0.15, 0.2) is 30.0 Å². The van der Waals surface area contributed by atoms with Crippen molar-refractivity contribution in [2.24, 2.45) is 0 Å². The molecule has 0 N–H and O–H groups in total. The summed E-state index contributed by atoms with van der Waals surface area (Å²) in [6.07, 6.45) is 1.40. The van der Waals surface area contributed by atoms with Crippen molar-refractivity contribution in [3.05, 3.63) is 51.2 Å². The van der Waals surface area contributed by atoms with Crippen LogP contribution in [0.1, 0.15) is 22.8 Å². The van der Waals surface area contributed by atoms with Crippen molar-refractivity contribution in [2.75, 3.05) is 7.11 Å². The number of carbonyl (C=O) groups excluding carboxylic acids is 1. The molecule has 16 heavy (non-hydrogen) atoms. The average molecular weight is 221 g/mol. The number of methoxy groups -OCH3 is 1. The normalized spacial score (nSPS) is 11.0. The first kappa shape index (κ1) is 11.9. The van der Waals surface area contributed by atoms with Gasteiger partial charge in [-0.3, -0.25) is 10.1 Å². The number of carbonyl (C=O) groups is 1. The van der Waals surface area contributed by atoms with Crippen molar-refractivity contribution in [3.8, 4) is 0 Å². The summed E-state index contributed by atoms with van der Waals surface area (Å²) in [4.78, 5) is 21.2. The minimum Gasteiger partial charge on any atom is -0.465 e. The molecule has 0 aromatic heterocycles. The van der Waals surface area contributed by atoms with Gasteiger partial charge in [0.2, 0.25) is 5.70 Å². The van der Waals surface area contributed by atoms with E-state index < -0.39 is 10.9 Å². The predicted molar refractivity (Wildman–Crippen MR) is 58.4 cm³/mol. The van der Waals surface area contributed by atoms with E-state index >= 15 is 0 Å². The van der Waals surface area contributed by atoms with Crippen LogP contribution in [0, 0.1) is 10.1 Å². The molecule has 1 aromatic carbocycles. The molecule has 0 amide bonds. The lowest BCUT2D eigenvalue weighted by Gasteiger charge is -2.00. The first-order chi connectivity index (χ1) is 7.54. The Morgan fingerprint density at radius 1 is 1.50 bits per heavy atom. The number of allylic oxidation sites excluding steroid dienone is 1. The third-order valence-corrected chi connectivity index (χ3v) is 1.97. The summed E-state index contributed by atoms with van der Waals surface area (Å²) >= 11 is 0. The highest BCUT2D eigenvalue weighted by Crippen LogP contribution is 2.10. The highest BCUT2D eigenvalue weighted by Gasteiger charge is 2.06. The number of esters is 1. The fraction of sp³-hybridized carbons (Fsp3) is 0.182. The monoisotopic (exact) mass is 221 g/mol. The van der Waals surface area contributed by atoms with Crippen LogP contribution in [0.2, 0.25) is 0 Å². The molecule has 5 nitrogen and oxygen atoms in total. The molecule has 0 spiro atoms. The first-order valence-electron chi connectivity index (χ1n) is 4.55. The van der Waals surface area contributed by atoms with Gasteiger partial charge in [-0.15, -0.1) is 0 Å². The van der Waals surface area contributed by atoms with Crippen molar-refractivity contribution >= 4 is 12.0 Å². The zero-order chi connectivity index (χ0) is 12.1. The molecule has 0 aliphatic carbocycles. The molecule has 5 heteroatoms. The topological polar surface area (TPSA) is 69.4 Å². The Bertz CT molecular complexity index is 451. The number of hydrogen-bond acceptors (Lipinski definition) is 4. The van der Waals surface area contributed by atoms with Crippen LogP contribution in [0.25, 0.3) is 6.08 Å². The molecule has 0 atom stereocenters. The van der Waals surface area contributed by atoms with E-state index in [4.69, 9.17) is 0 Å². The summed E-state index contributed by atoms with van der Waals surface area (Å²) in [5.74, 6) is -0.464. The van der Waals surface area contributed by atoms with Crippen LogP contribution in [-0.2, 0) is 4.74 Å². The maximum absolute atomic E-state index is 11.2. The summed E-state index contributed by atoms with van der Waals surface area (Å²) in [7, 11) is 1.28. The van der Waals surface area contributed by atoms with E-state index in [1.807, 2.05) is 0 Å². The van der Waals surface area contributed by atoms with E-state index in [1.54, 1.807) is 24.3 Å². The van der Waals surface area contributed by atoms with Crippen LogP contribution in [-0.4, -0.2) is 18.0 Å². The molecule has 0 fully saturated rings. The van der Waals surface area contributed by atoms with Crippen LogP contribution < -0.4 is 0 Å². The molecule has 0 aliphatic heterocycles. The summed E-state index contributed by atoms with van der Waals surface area (Å²) in [6, 6.07) is 6.45. The molecule has 0 bridgehead atoms. The van der Waals surface area contributed by atoms with Crippen LogP contribution in [0.3, 0.4) is 0 Å². The average Bonchev–Trinajstić information content (AvgIpc) is 2.28. The van der Waals surface area contributed by atoms with E-state index in [2.05, 4.69) is 4.74 Å². The second-order valence-corrected chi connectivity index (χ2v) is 3.16. The van der Waals surface area contributed by atoms with E-state index in [1.165, 1.54) is 20.1 Å². The molecular weight excluding hydrogens is 210 g/mol. The minimum absolute atomic E-state index is 0.0158. The molecule has 0 unspecified atom stereocenters. The van der Waals surface area contributed by atoms with Gasteiger partial charge in [-0.05, 0) is 17.7 Å². The Morgan fingerprint density at radius 3 is 2.75 bits per heavy atom. The fourth-order valence-electron chi connectivity index (χ4n) is 1.17. The molecular formula is C11H11NO4. The number of nitrogens with zero attached hydrogens (tertiary/aromatic N) is 1. The zero-order valence-electron chi connectivity index (χ0n) is 8.97. The van der Waals surface area contributed by atoms with Gasteiger partial charge in [0.15, 0.2) is 0 Å². The molecule has 84 valence electrons. The fourth-order valence-corrected chi connectivity index (χ4v) is 1.17. The molecule has 0 radical (unpaired) electrons. The molecule has 0 saturated heterocycles. The van der Waals surface area contributed by atoms with Crippen LogP contribution >= 0.6 is 0 Å². The standard InChI is InChI=1S/C11H11NO4/c1-8(12(14)15)6-9-4-3-5-10(7-9)11(13)16-2/h3-7H,1-2H3. The smallest absolute Gasteiger partial charge is 0.337 e. The van der Waals surface area contributed by atoms with Crippen molar-refractivity contribution in [3.63, 3.8) is 0 Å². The quantitative estimate of drug-likeness (QED) is 0.445. The summed E-state index contributed by atoms with van der Waals surface area (Å²) in [5.41, 5.74) is 0.978. The Morgan fingerprint density at radius 2 is 2.19 bits per heavy atom. The number of rotatable bonds is 3. The van der Waals surface area contributed by atoms with Crippen LogP contribution in [0.4, 0.5) is 0 Å². The Balaban J connectivity index is 3.04. The lowest BCUT2D eigenvalue weighted by Crippen LogP contribution is -2.01. The summed E-state index contributed by atoms with van der Waals surface area (Å²) in [6.45, 7) is 1.39. The van der Waals surface area contributed by atoms with Crippen molar-refractivity contribution in [1.82, 2.24) is 0 Å². The van der Waals surface area contributed by atoms with E-state index in [9.17, 15) is 14.9 Å². The first-order valence-corrected chi connectivity index (χ1v) is 4.55. The van der Waals surface area contributed by atoms with Gasteiger partial charge in [0, 0.05) is 13.0 Å². The van der Waals surface area contributed by atoms with Gasteiger partial charge in [0.1, 0.15) is 0 Å². The van der Waals surface area contributed by atoms with Crippen molar-refractivity contribution in [2.45, 2.75) is 6.92 Å². The number of nitro groups is 1. The highest BCUT2D eigenvalue weighted by molar-refractivity contribution is 5.90. The maximum atomic E-state index is 11.2. The number of ether oxygens (including phenoxy) is 1. The summed E-state index contributed by atoms with van der Waals surface area (Å²) in [5, 5.41) is 10.4. The van der Waals surface area contributed by atoms with Crippen molar-refractivity contribution < 1.29 is 14.5 Å². The van der Waals surface area contributed by atoms with E-state index in [-0.39, 0.29) is 5.70 Å². The lowest BCUT2D eigenvalue weighted by molar-refractivity contribution is -0.422. The molecule has 0 saturated carbocycles. The molecule has 0 aliphatic rings. The van der Waals surface area contributed by atoms with Gasteiger partial charge in [-0.2, -0.15) is 0 Å². The third-order valence-electron chi connectivity index (χ3n) is 1.97. The van der Waals surface area contributed by atoms with Crippen molar-refractivity contribution in [1.29, 1.82) is 0 Å². The van der Waals surface area contributed by atoms with Gasteiger partial charge < -0.3 is 4.74 Å². The Labute approximate surface area is 92.5 Å². The highest BCUT2D eigenvalue weighted by atomic mass is 16.6. The number of hydrogen-bond donors (Lipinski definition) is 0. The van der Waals surface area contributed by atoms with Gasteiger partial charge in [-0.1, -0.05) is 12.1 Å². The van der Waals surface area contributed by atoms with E-state index in [0.29, 0.717) is 11.1 Å². The molecule has 1 rings (SSSR count). The van der Waals surface area contributed by atoms with Crippen LogP contribution in [0.5, 0.6) is 0 Å². The zero-order valence-corrected chi connectivity index (χ0v) is 8.97. The second kappa shape index (κ2) is 5.06. The molecule has 0 heterocycles. The van der Waals surface area contributed by atoms with E-state index in [0.717, 1.165) is 0 Å². The summed E-state index contributed by atoms with van der Waals surface area (Å²) < 4.78 is 4.55. The van der Waals surface area contributed by atoms with Gasteiger partial charge in [0.05, 0.1) is 17.6 Å². The Kier molecular flexibility index (Phi) is 3.77. The Hall–Kier alpha value is -2.17. The third kappa shape index (κ3) is 2.91. The predicted octanol–water partition coefficient (Wildman–Crippen LogP) is 2.11. The lowest BCUT2D eigenvalue weighted by atomic mass is 10.1. The SMILES string of the molecule is COC(=O)c1cccc(C=C(C)[N+](=O)[O-])c1. The number of benzene rings is 1.